The molecule has 1 aliphatic rings. The predicted molar refractivity (Wildman–Crippen MR) is 101 cm³/mol. The highest BCUT2D eigenvalue weighted by Gasteiger charge is 2.28. The number of anilines is 1. The largest absolute Gasteiger partial charge is 0.490 e. The summed E-state index contributed by atoms with van der Waals surface area (Å²) in [5.74, 6) is -0.555. The SMILES string of the molecule is COCCOc1ccc(F)cc1S(=O)(=O)NC1CCCc2cc(N)ccc21. The predicted octanol–water partition coefficient (Wildman–Crippen LogP) is 2.79. The Bertz CT molecular complexity index is 918. The van der Waals surface area contributed by atoms with Gasteiger partial charge in [0.15, 0.2) is 0 Å². The van der Waals surface area contributed by atoms with Crippen molar-refractivity contribution >= 4 is 15.7 Å². The number of hydrogen-bond donors (Lipinski definition) is 2. The Balaban J connectivity index is 1.89. The summed E-state index contributed by atoms with van der Waals surface area (Å²) in [6.45, 7) is 0.456. The molecule has 3 N–H and O–H groups in total. The van der Waals surface area contributed by atoms with Gasteiger partial charge in [-0.1, -0.05) is 6.07 Å². The molecule has 0 aromatic heterocycles. The Morgan fingerprint density at radius 1 is 1.22 bits per heavy atom. The van der Waals surface area contributed by atoms with E-state index in [4.69, 9.17) is 15.2 Å². The summed E-state index contributed by atoms with van der Waals surface area (Å²) in [6, 6.07) is 8.53. The molecule has 0 aliphatic heterocycles. The fourth-order valence-corrected chi connectivity index (χ4v) is 4.66. The molecule has 0 heterocycles. The molecular formula is C19H23FN2O4S. The Morgan fingerprint density at radius 2 is 2.04 bits per heavy atom. The maximum Gasteiger partial charge on any atom is 0.244 e. The zero-order valence-corrected chi connectivity index (χ0v) is 15.9. The molecule has 0 bridgehead atoms. The molecule has 1 aliphatic carbocycles. The van der Waals surface area contributed by atoms with Crippen molar-refractivity contribution in [2.75, 3.05) is 26.1 Å². The Morgan fingerprint density at radius 3 is 2.81 bits per heavy atom. The van der Waals surface area contributed by atoms with E-state index >= 15 is 0 Å². The molecule has 8 heteroatoms. The molecule has 1 atom stereocenters. The normalized spacial score (nSPS) is 16.7. The molecule has 2 aromatic carbocycles. The van der Waals surface area contributed by atoms with Crippen LogP contribution in [0.1, 0.15) is 30.0 Å². The molecule has 146 valence electrons. The van der Waals surface area contributed by atoms with Crippen LogP contribution in [-0.2, 0) is 21.2 Å². The van der Waals surface area contributed by atoms with Gasteiger partial charge < -0.3 is 15.2 Å². The number of benzene rings is 2. The quantitative estimate of drug-likeness (QED) is 0.557. The van der Waals surface area contributed by atoms with Crippen molar-refractivity contribution in [3.63, 3.8) is 0 Å². The topological polar surface area (TPSA) is 90.6 Å². The minimum absolute atomic E-state index is 0.0919. The first kappa shape index (κ1) is 19.6. The van der Waals surface area contributed by atoms with Crippen molar-refractivity contribution < 1.29 is 22.3 Å². The van der Waals surface area contributed by atoms with Crippen LogP contribution in [0.15, 0.2) is 41.3 Å². The van der Waals surface area contributed by atoms with Crippen molar-refractivity contribution in [2.24, 2.45) is 0 Å². The van der Waals surface area contributed by atoms with E-state index < -0.39 is 21.9 Å². The first-order chi connectivity index (χ1) is 12.9. The van der Waals surface area contributed by atoms with Crippen molar-refractivity contribution in [1.29, 1.82) is 0 Å². The van der Waals surface area contributed by atoms with E-state index in [-0.39, 0.29) is 17.3 Å². The molecule has 2 aromatic rings. The highest BCUT2D eigenvalue weighted by Crippen LogP contribution is 2.33. The number of sulfonamides is 1. The van der Waals surface area contributed by atoms with Crippen LogP contribution < -0.4 is 15.2 Å². The second-order valence-electron chi connectivity index (χ2n) is 6.46. The number of nitrogens with two attached hydrogens (primary N) is 1. The molecule has 1 unspecified atom stereocenters. The van der Waals surface area contributed by atoms with Gasteiger partial charge in [0.2, 0.25) is 10.0 Å². The highest BCUT2D eigenvalue weighted by molar-refractivity contribution is 7.89. The van der Waals surface area contributed by atoms with Crippen LogP contribution in [0.25, 0.3) is 0 Å². The van der Waals surface area contributed by atoms with Crippen molar-refractivity contribution in [3.05, 3.63) is 53.3 Å². The Labute approximate surface area is 158 Å². The minimum Gasteiger partial charge on any atom is -0.490 e. The number of aryl methyl sites for hydroxylation is 1. The van der Waals surface area contributed by atoms with Crippen molar-refractivity contribution in [1.82, 2.24) is 4.72 Å². The van der Waals surface area contributed by atoms with E-state index in [2.05, 4.69) is 4.72 Å². The lowest BCUT2D eigenvalue weighted by Gasteiger charge is -2.27. The maximum atomic E-state index is 13.7. The third kappa shape index (κ3) is 4.58. The Hall–Kier alpha value is -2.16. The summed E-state index contributed by atoms with van der Waals surface area (Å²) in [7, 11) is -2.48. The van der Waals surface area contributed by atoms with Gasteiger partial charge in [0, 0.05) is 18.8 Å². The summed E-state index contributed by atoms with van der Waals surface area (Å²) in [6.07, 6.45) is 2.35. The molecule has 0 saturated heterocycles. The monoisotopic (exact) mass is 394 g/mol. The second-order valence-corrected chi connectivity index (χ2v) is 8.14. The van der Waals surface area contributed by atoms with E-state index in [1.54, 1.807) is 6.07 Å². The third-order valence-corrected chi connectivity index (χ3v) is 6.01. The average Bonchev–Trinajstić information content (AvgIpc) is 2.62. The first-order valence-electron chi connectivity index (χ1n) is 8.72. The summed E-state index contributed by atoms with van der Waals surface area (Å²) >= 11 is 0. The zero-order chi connectivity index (χ0) is 19.4. The smallest absolute Gasteiger partial charge is 0.244 e. The number of nitrogen functional groups attached to an aromatic ring is 1. The number of ether oxygens (including phenoxy) is 2. The van der Waals surface area contributed by atoms with Crippen LogP contribution in [0.3, 0.4) is 0 Å². The van der Waals surface area contributed by atoms with Gasteiger partial charge in [0.05, 0.1) is 6.61 Å². The molecule has 0 fully saturated rings. The van der Waals surface area contributed by atoms with Crippen LogP contribution >= 0.6 is 0 Å². The average molecular weight is 394 g/mol. The third-order valence-electron chi connectivity index (χ3n) is 4.52. The number of rotatable bonds is 7. The number of nitrogens with one attached hydrogen (secondary N) is 1. The van der Waals surface area contributed by atoms with Gasteiger partial charge in [0.1, 0.15) is 23.1 Å². The van der Waals surface area contributed by atoms with E-state index in [9.17, 15) is 12.8 Å². The van der Waals surface area contributed by atoms with Gasteiger partial charge >= 0.3 is 0 Å². The van der Waals surface area contributed by atoms with Crippen LogP contribution in [0.2, 0.25) is 0 Å². The molecule has 0 amide bonds. The van der Waals surface area contributed by atoms with Crippen molar-refractivity contribution in [3.8, 4) is 5.75 Å². The van der Waals surface area contributed by atoms with Crippen molar-refractivity contribution in [2.45, 2.75) is 30.2 Å². The molecule has 27 heavy (non-hydrogen) atoms. The Kier molecular flexibility index (Phi) is 5.98. The molecule has 0 saturated carbocycles. The summed E-state index contributed by atoms with van der Waals surface area (Å²) in [5.41, 5.74) is 8.41. The molecule has 0 radical (unpaired) electrons. The number of halogens is 1. The van der Waals surface area contributed by atoms with Gasteiger partial charge in [-0.25, -0.2) is 17.5 Å². The molecule has 3 rings (SSSR count). The fraction of sp³-hybridized carbons (Fsp3) is 0.368. The van der Waals surface area contributed by atoms with Crippen LogP contribution in [0.4, 0.5) is 10.1 Å². The lowest BCUT2D eigenvalue weighted by Crippen LogP contribution is -2.31. The fourth-order valence-electron chi connectivity index (χ4n) is 3.25. The van der Waals surface area contributed by atoms with Gasteiger partial charge in [0.25, 0.3) is 0 Å². The van der Waals surface area contributed by atoms with Crippen LogP contribution in [0.5, 0.6) is 5.75 Å². The summed E-state index contributed by atoms with van der Waals surface area (Å²) < 4.78 is 52.8. The van der Waals surface area contributed by atoms with E-state index in [0.29, 0.717) is 18.7 Å². The standard InChI is InChI=1S/C19H23FN2O4S/c1-25-9-10-26-18-8-5-14(20)12-19(18)27(23,24)22-17-4-2-3-13-11-15(21)6-7-16(13)17/h5-8,11-12,17,22H,2-4,9-10,21H2,1H3. The van der Waals surface area contributed by atoms with E-state index in [1.165, 1.54) is 19.2 Å². The number of hydrogen-bond acceptors (Lipinski definition) is 5. The highest BCUT2D eigenvalue weighted by atomic mass is 32.2. The zero-order valence-electron chi connectivity index (χ0n) is 15.1. The van der Waals surface area contributed by atoms with E-state index in [1.807, 2.05) is 12.1 Å². The van der Waals surface area contributed by atoms with Gasteiger partial charge in [-0.2, -0.15) is 0 Å². The van der Waals surface area contributed by atoms with Gasteiger partial charge in [-0.15, -0.1) is 0 Å². The summed E-state index contributed by atoms with van der Waals surface area (Å²) in [5, 5.41) is 0. The molecule has 6 nitrogen and oxygen atoms in total. The lowest BCUT2D eigenvalue weighted by atomic mass is 9.88. The number of methoxy groups -OCH3 is 1. The van der Waals surface area contributed by atoms with Crippen LogP contribution in [0, 0.1) is 5.82 Å². The molecule has 0 spiro atoms. The minimum atomic E-state index is -3.99. The second kappa shape index (κ2) is 8.24. The maximum absolute atomic E-state index is 13.7. The lowest BCUT2D eigenvalue weighted by molar-refractivity contribution is 0.144. The van der Waals surface area contributed by atoms with E-state index in [0.717, 1.165) is 30.0 Å². The van der Waals surface area contributed by atoms with Crippen LogP contribution in [-0.4, -0.2) is 28.7 Å². The van der Waals surface area contributed by atoms with Gasteiger partial charge in [-0.05, 0) is 60.7 Å². The summed E-state index contributed by atoms with van der Waals surface area (Å²) in [4.78, 5) is -0.221. The first-order valence-corrected chi connectivity index (χ1v) is 10.2. The molecular weight excluding hydrogens is 371 g/mol. The van der Waals surface area contributed by atoms with Gasteiger partial charge in [-0.3, -0.25) is 0 Å². The number of fused-ring (bicyclic) bond motifs is 1.